The van der Waals surface area contributed by atoms with Crippen LogP contribution in [0.25, 0.3) is 11.3 Å². The van der Waals surface area contributed by atoms with Crippen LogP contribution in [0.5, 0.6) is 0 Å². The lowest BCUT2D eigenvalue weighted by atomic mass is 10.1. The van der Waals surface area contributed by atoms with E-state index in [4.69, 9.17) is 35.4 Å². The first kappa shape index (κ1) is 16.0. The molecule has 1 N–H and O–H groups in total. The second kappa shape index (κ2) is 6.71. The molecule has 0 aliphatic carbocycles. The molecule has 2 aromatic carbocycles. The minimum absolute atomic E-state index is 0.531. The molecule has 3 rings (SSSR count). The number of nitrogens with zero attached hydrogens (tertiary/aromatic N) is 2. The first-order chi connectivity index (χ1) is 11.0. The van der Waals surface area contributed by atoms with E-state index in [0.29, 0.717) is 14.8 Å². The first-order valence-electron chi connectivity index (χ1n) is 6.92. The van der Waals surface area contributed by atoms with Gasteiger partial charge in [0, 0.05) is 10.0 Å². The lowest BCUT2D eigenvalue weighted by molar-refractivity contribution is 0.857. The van der Waals surface area contributed by atoms with Crippen LogP contribution in [0.3, 0.4) is 0 Å². The van der Waals surface area contributed by atoms with Gasteiger partial charge < -0.3 is 4.98 Å². The van der Waals surface area contributed by atoms with Gasteiger partial charge in [-0.1, -0.05) is 47.5 Å². The molecule has 0 saturated carbocycles. The minimum Gasteiger partial charge on any atom is -0.329 e. The van der Waals surface area contributed by atoms with Gasteiger partial charge in [0.05, 0.1) is 17.6 Å². The Hall–Kier alpha value is -1.88. The van der Waals surface area contributed by atoms with E-state index in [-0.39, 0.29) is 0 Å². The molecule has 3 aromatic rings. The second-order valence-corrected chi connectivity index (χ2v) is 6.28. The van der Waals surface area contributed by atoms with Crippen molar-refractivity contribution in [2.45, 2.75) is 6.92 Å². The third-order valence-corrected chi connectivity index (χ3v) is 4.17. The summed E-state index contributed by atoms with van der Waals surface area (Å²) in [4.78, 5) is 3.15. The molecule has 1 aromatic heterocycles. The third kappa shape index (κ3) is 3.72. The normalized spacial score (nSPS) is 11.7. The Balaban J connectivity index is 1.94. The van der Waals surface area contributed by atoms with Crippen molar-refractivity contribution in [2.75, 3.05) is 0 Å². The number of H-pyrrole nitrogens is 1. The summed E-state index contributed by atoms with van der Waals surface area (Å²) in [7, 11) is 0. The predicted octanol–water partition coefficient (Wildman–Crippen LogP) is 5.79. The van der Waals surface area contributed by atoms with Crippen LogP contribution in [0.2, 0.25) is 10.0 Å². The van der Waals surface area contributed by atoms with E-state index in [1.807, 2.05) is 61.7 Å². The number of halogens is 2. The van der Waals surface area contributed by atoms with Gasteiger partial charge in [-0.05, 0) is 54.5 Å². The fraction of sp³-hybridized carbons (Fsp3) is 0.0588. The van der Waals surface area contributed by atoms with Crippen LogP contribution >= 0.6 is 35.4 Å². The van der Waals surface area contributed by atoms with Crippen LogP contribution < -0.4 is 0 Å². The predicted molar refractivity (Wildman–Crippen MR) is 99.1 cm³/mol. The van der Waals surface area contributed by atoms with E-state index in [1.165, 1.54) is 0 Å². The maximum Gasteiger partial charge on any atom is 0.198 e. The number of hydrogen-bond donors (Lipinski definition) is 1. The Labute approximate surface area is 149 Å². The van der Waals surface area contributed by atoms with Crippen LogP contribution in [0, 0.1) is 4.77 Å². The second-order valence-electron chi connectivity index (χ2n) is 5.02. The minimum atomic E-state index is 0.531. The van der Waals surface area contributed by atoms with Gasteiger partial charge in [0.2, 0.25) is 0 Å². The number of hydrogen-bond acceptors (Lipinski definition) is 2. The van der Waals surface area contributed by atoms with Crippen molar-refractivity contribution in [3.8, 4) is 11.3 Å². The summed E-state index contributed by atoms with van der Waals surface area (Å²) in [6, 6.07) is 15.1. The van der Waals surface area contributed by atoms with Gasteiger partial charge in [0.1, 0.15) is 0 Å². The average molecular weight is 362 g/mol. The number of aromatic nitrogens is 2. The van der Waals surface area contributed by atoms with E-state index >= 15 is 0 Å². The molecule has 0 amide bonds. The Morgan fingerprint density at radius 2 is 1.57 bits per heavy atom. The third-order valence-electron chi connectivity index (χ3n) is 3.38. The van der Waals surface area contributed by atoms with Gasteiger partial charge in [-0.15, -0.1) is 0 Å². The van der Waals surface area contributed by atoms with Crippen LogP contribution in [0.15, 0.2) is 59.8 Å². The van der Waals surface area contributed by atoms with E-state index in [9.17, 15) is 0 Å². The first-order valence-corrected chi connectivity index (χ1v) is 8.08. The number of nitrogens with one attached hydrogen (secondary N) is 1. The molecule has 0 unspecified atom stereocenters. The Bertz CT molecular complexity index is 906. The number of benzene rings is 2. The highest BCUT2D eigenvalue weighted by Gasteiger charge is 2.04. The van der Waals surface area contributed by atoms with Crippen LogP contribution in [0.1, 0.15) is 12.5 Å². The molecule has 0 aliphatic rings. The highest BCUT2D eigenvalue weighted by Crippen LogP contribution is 2.20. The van der Waals surface area contributed by atoms with Crippen molar-refractivity contribution in [3.63, 3.8) is 0 Å². The summed E-state index contributed by atoms with van der Waals surface area (Å²) in [5, 5.41) is 5.95. The maximum atomic E-state index is 5.92. The monoisotopic (exact) mass is 361 g/mol. The quantitative estimate of drug-likeness (QED) is 0.464. The number of rotatable bonds is 3. The molecule has 1 heterocycles. The SMILES string of the molecule is C/C(=N/n1cc(-c2ccc(Cl)cc2)[nH]c1=S)c1ccc(Cl)cc1. The summed E-state index contributed by atoms with van der Waals surface area (Å²) in [5.74, 6) is 0. The van der Waals surface area contributed by atoms with E-state index < -0.39 is 0 Å². The molecule has 0 fully saturated rings. The smallest absolute Gasteiger partial charge is 0.198 e. The lowest BCUT2D eigenvalue weighted by Crippen LogP contribution is -1.98. The van der Waals surface area contributed by atoms with Crippen molar-refractivity contribution in [3.05, 3.63) is 75.1 Å². The highest BCUT2D eigenvalue weighted by atomic mass is 35.5. The largest absolute Gasteiger partial charge is 0.329 e. The fourth-order valence-corrected chi connectivity index (χ4v) is 2.60. The molecule has 3 nitrogen and oxygen atoms in total. The molecule has 0 bridgehead atoms. The van der Waals surface area contributed by atoms with Crippen molar-refractivity contribution >= 4 is 41.1 Å². The maximum absolute atomic E-state index is 5.92. The standard InChI is InChI=1S/C17H13Cl2N3S/c1-11(12-2-6-14(18)7-3-12)21-22-10-16(20-17(22)23)13-4-8-15(19)9-5-13/h2-10H,1H3,(H,20,23)/b21-11-. The van der Waals surface area contributed by atoms with Crippen molar-refractivity contribution in [1.82, 2.24) is 9.66 Å². The summed E-state index contributed by atoms with van der Waals surface area (Å²) < 4.78 is 2.19. The molecule has 0 spiro atoms. The van der Waals surface area contributed by atoms with Gasteiger partial charge in [-0.2, -0.15) is 5.10 Å². The Morgan fingerprint density at radius 3 is 2.17 bits per heavy atom. The zero-order valence-electron chi connectivity index (χ0n) is 12.3. The lowest BCUT2D eigenvalue weighted by Gasteiger charge is -2.01. The molecular weight excluding hydrogens is 349 g/mol. The zero-order chi connectivity index (χ0) is 16.4. The zero-order valence-corrected chi connectivity index (χ0v) is 14.6. The van der Waals surface area contributed by atoms with Crippen LogP contribution in [-0.2, 0) is 0 Å². The summed E-state index contributed by atoms with van der Waals surface area (Å²) >= 11 is 17.2. The van der Waals surface area contributed by atoms with Gasteiger partial charge in [0.25, 0.3) is 0 Å². The van der Waals surface area contributed by atoms with Gasteiger partial charge in [-0.25, -0.2) is 4.68 Å². The molecule has 6 heteroatoms. The average Bonchev–Trinajstić information content (AvgIpc) is 2.89. The van der Waals surface area contributed by atoms with Crippen molar-refractivity contribution in [1.29, 1.82) is 0 Å². The number of imidazole rings is 1. The van der Waals surface area contributed by atoms with Gasteiger partial charge >= 0.3 is 0 Å². The van der Waals surface area contributed by atoms with E-state index in [2.05, 4.69) is 10.1 Å². The molecule has 23 heavy (non-hydrogen) atoms. The summed E-state index contributed by atoms with van der Waals surface area (Å²) in [5.41, 5.74) is 3.72. The molecule has 116 valence electrons. The Morgan fingerprint density at radius 1 is 1.00 bits per heavy atom. The summed E-state index contributed by atoms with van der Waals surface area (Å²) in [6.07, 6.45) is 1.87. The van der Waals surface area contributed by atoms with Crippen LogP contribution in [-0.4, -0.2) is 15.4 Å². The summed E-state index contributed by atoms with van der Waals surface area (Å²) in [6.45, 7) is 1.93. The van der Waals surface area contributed by atoms with Crippen molar-refractivity contribution < 1.29 is 0 Å². The van der Waals surface area contributed by atoms with Crippen LogP contribution in [0.4, 0.5) is 0 Å². The molecule has 0 radical (unpaired) electrons. The highest BCUT2D eigenvalue weighted by molar-refractivity contribution is 7.71. The fourth-order valence-electron chi connectivity index (χ4n) is 2.15. The Kier molecular flexibility index (Phi) is 4.66. The molecule has 0 atom stereocenters. The molecular formula is C17H13Cl2N3S. The van der Waals surface area contributed by atoms with E-state index in [1.54, 1.807) is 4.68 Å². The van der Waals surface area contributed by atoms with Crippen molar-refractivity contribution in [2.24, 2.45) is 5.10 Å². The van der Waals surface area contributed by atoms with Gasteiger partial charge in [-0.3, -0.25) is 0 Å². The topological polar surface area (TPSA) is 33.1 Å². The molecule has 0 aliphatic heterocycles. The van der Waals surface area contributed by atoms with Gasteiger partial charge in [0.15, 0.2) is 4.77 Å². The number of aromatic amines is 1. The molecule has 0 saturated heterocycles. The van der Waals surface area contributed by atoms with E-state index in [0.717, 1.165) is 22.5 Å².